The molecular weight excluding hydrogens is 520 g/mol. The van der Waals surface area contributed by atoms with Crippen LogP contribution < -0.4 is 10.1 Å². The number of nitrogens with one attached hydrogen (secondary N) is 1. The van der Waals surface area contributed by atoms with Crippen LogP contribution in [0.5, 0.6) is 5.75 Å². The Kier molecular flexibility index (Phi) is 8.44. The topological polar surface area (TPSA) is 80.2 Å². The molecule has 1 amide bonds. The summed E-state index contributed by atoms with van der Waals surface area (Å²) in [6.07, 6.45) is 0.521. The highest BCUT2D eigenvalue weighted by atomic mass is 79.9. The summed E-state index contributed by atoms with van der Waals surface area (Å²) in [5.41, 5.74) is 2.85. The van der Waals surface area contributed by atoms with Crippen molar-refractivity contribution in [3.63, 3.8) is 0 Å². The van der Waals surface area contributed by atoms with Gasteiger partial charge in [-0.2, -0.15) is 0 Å². The molecule has 0 fully saturated rings. The van der Waals surface area contributed by atoms with Gasteiger partial charge in [0.05, 0.1) is 6.61 Å². The zero-order valence-corrected chi connectivity index (χ0v) is 22.1. The van der Waals surface area contributed by atoms with Crippen LogP contribution in [0.3, 0.4) is 0 Å². The highest BCUT2D eigenvalue weighted by Crippen LogP contribution is 2.33. The number of amides is 1. The maximum Gasteiger partial charge on any atom is 0.252 e. The summed E-state index contributed by atoms with van der Waals surface area (Å²) in [6.45, 7) is 4.88. The molecule has 1 aliphatic rings. The van der Waals surface area contributed by atoms with Gasteiger partial charge in [-0.3, -0.25) is 4.79 Å². The number of rotatable bonds is 10. The van der Waals surface area contributed by atoms with Crippen molar-refractivity contribution in [3.8, 4) is 5.75 Å². The third-order valence-corrected chi connectivity index (χ3v) is 6.78. The predicted octanol–water partition coefficient (Wildman–Crippen LogP) is 4.98. The first kappa shape index (κ1) is 25.9. The number of carbonyl (C=O) groups excluding carboxylic acids is 1. The molecule has 6 nitrogen and oxygen atoms in total. The average molecular weight is 551 g/mol. The monoisotopic (exact) mass is 550 g/mol. The summed E-state index contributed by atoms with van der Waals surface area (Å²) in [6, 6.07) is 23.5. The van der Waals surface area contributed by atoms with E-state index in [1.807, 2.05) is 80.6 Å². The summed E-state index contributed by atoms with van der Waals surface area (Å²) < 4.78 is 12.8. The maximum absolute atomic E-state index is 13.7. The zero-order valence-electron chi connectivity index (χ0n) is 20.5. The van der Waals surface area contributed by atoms with E-state index in [-0.39, 0.29) is 12.5 Å². The Balaban J connectivity index is 1.60. The molecule has 2 N–H and O–H groups in total. The van der Waals surface area contributed by atoms with Crippen LogP contribution in [0.1, 0.15) is 35.6 Å². The van der Waals surface area contributed by atoms with Gasteiger partial charge >= 0.3 is 0 Å². The smallest absolute Gasteiger partial charge is 0.252 e. The molecule has 0 saturated carbocycles. The molecule has 3 aromatic rings. The fourth-order valence-electron chi connectivity index (χ4n) is 4.21. The second-order valence-corrected chi connectivity index (χ2v) is 9.94. The second-order valence-electron chi connectivity index (χ2n) is 9.03. The van der Waals surface area contributed by atoms with E-state index in [0.717, 1.165) is 26.7 Å². The highest BCUT2D eigenvalue weighted by molar-refractivity contribution is 9.10. The van der Waals surface area contributed by atoms with Gasteiger partial charge in [-0.15, -0.1) is 0 Å². The first-order valence-electron chi connectivity index (χ1n) is 12.1. The molecule has 3 aromatic carbocycles. The minimum absolute atomic E-state index is 0.0903. The van der Waals surface area contributed by atoms with E-state index in [1.165, 1.54) is 0 Å². The van der Waals surface area contributed by atoms with Crippen LogP contribution >= 0.6 is 15.9 Å². The molecule has 188 valence electrons. The minimum Gasteiger partial charge on any atom is -0.494 e. The van der Waals surface area contributed by atoms with Gasteiger partial charge < -0.3 is 19.9 Å². The van der Waals surface area contributed by atoms with E-state index in [4.69, 9.17) is 19.6 Å². The Labute approximate surface area is 220 Å². The lowest BCUT2D eigenvalue weighted by Crippen LogP contribution is -2.52. The van der Waals surface area contributed by atoms with E-state index in [9.17, 15) is 4.79 Å². The molecule has 1 aliphatic heterocycles. The molecule has 2 atom stereocenters. The van der Waals surface area contributed by atoms with E-state index < -0.39 is 11.6 Å². The molecule has 0 spiro atoms. The predicted molar refractivity (Wildman–Crippen MR) is 144 cm³/mol. The molecule has 7 heteroatoms. The number of benzene rings is 3. The summed E-state index contributed by atoms with van der Waals surface area (Å²) in [5.74, 6) is 0.974. The number of hydrogen-bond donors (Lipinski definition) is 2. The molecule has 36 heavy (non-hydrogen) atoms. The van der Waals surface area contributed by atoms with Crippen molar-refractivity contribution in [2.24, 2.45) is 4.99 Å². The lowest BCUT2D eigenvalue weighted by atomic mass is 9.86. The number of halogens is 1. The number of ether oxygens (including phenoxy) is 2. The van der Waals surface area contributed by atoms with Crippen LogP contribution in [0, 0.1) is 6.92 Å². The van der Waals surface area contributed by atoms with Crippen molar-refractivity contribution in [2.45, 2.75) is 44.9 Å². The second kappa shape index (κ2) is 11.7. The van der Waals surface area contributed by atoms with Gasteiger partial charge in [-0.25, -0.2) is 4.99 Å². The third-order valence-electron chi connectivity index (χ3n) is 6.25. The Morgan fingerprint density at radius 3 is 2.56 bits per heavy atom. The average Bonchev–Trinajstić information content (AvgIpc) is 3.21. The molecule has 0 unspecified atom stereocenters. The van der Waals surface area contributed by atoms with E-state index >= 15 is 0 Å². The van der Waals surface area contributed by atoms with Crippen molar-refractivity contribution in [2.75, 3.05) is 13.2 Å². The molecule has 0 saturated heterocycles. The van der Waals surface area contributed by atoms with Gasteiger partial charge in [0, 0.05) is 36.0 Å². The Morgan fingerprint density at radius 1 is 1.11 bits per heavy atom. The van der Waals surface area contributed by atoms with Crippen LogP contribution in [0.25, 0.3) is 0 Å². The Hall–Kier alpha value is -3.16. The zero-order chi connectivity index (χ0) is 25.5. The number of aliphatic hydroxyl groups is 1. The van der Waals surface area contributed by atoms with E-state index in [2.05, 4.69) is 27.3 Å². The Morgan fingerprint density at radius 2 is 1.86 bits per heavy atom. The van der Waals surface area contributed by atoms with Crippen molar-refractivity contribution < 1.29 is 19.4 Å². The molecular formula is C29H31BrN2O4. The fourth-order valence-corrected chi connectivity index (χ4v) is 4.48. The van der Waals surface area contributed by atoms with E-state index in [0.29, 0.717) is 37.6 Å². The van der Waals surface area contributed by atoms with Gasteiger partial charge in [0.1, 0.15) is 11.9 Å². The number of aliphatic hydroxyl groups excluding tert-OH is 1. The van der Waals surface area contributed by atoms with Gasteiger partial charge in [0.2, 0.25) is 5.90 Å². The van der Waals surface area contributed by atoms with Crippen molar-refractivity contribution in [3.05, 3.63) is 99.5 Å². The summed E-state index contributed by atoms with van der Waals surface area (Å²) in [4.78, 5) is 18.7. The first-order chi connectivity index (χ1) is 17.4. The number of aryl methyl sites for hydroxylation is 1. The fraction of sp³-hybridized carbons (Fsp3) is 0.310. The minimum atomic E-state index is -1.11. The number of nitrogens with zero attached hydrogens (tertiary/aromatic N) is 1. The lowest BCUT2D eigenvalue weighted by molar-refractivity contribution is -0.128. The normalized spacial score (nSPS) is 18.9. The van der Waals surface area contributed by atoms with Gasteiger partial charge in [-0.05, 0) is 61.4 Å². The summed E-state index contributed by atoms with van der Waals surface area (Å²) in [7, 11) is 0. The van der Waals surface area contributed by atoms with E-state index in [1.54, 1.807) is 0 Å². The highest BCUT2D eigenvalue weighted by Gasteiger charge is 2.50. The third kappa shape index (κ3) is 6.15. The van der Waals surface area contributed by atoms with Crippen LogP contribution in [0.15, 0.2) is 82.3 Å². The number of aliphatic imine (C=N–C) groups is 1. The molecule has 0 bridgehead atoms. The van der Waals surface area contributed by atoms with Crippen LogP contribution in [0.2, 0.25) is 0 Å². The lowest BCUT2D eigenvalue weighted by Gasteiger charge is -2.28. The van der Waals surface area contributed by atoms with Crippen LogP contribution in [0.4, 0.5) is 0 Å². The van der Waals surface area contributed by atoms with Crippen LogP contribution in [-0.4, -0.2) is 41.8 Å². The molecule has 1 heterocycles. The maximum atomic E-state index is 13.7. The van der Waals surface area contributed by atoms with Gasteiger partial charge in [0.15, 0.2) is 5.54 Å². The van der Waals surface area contributed by atoms with Gasteiger partial charge in [0.25, 0.3) is 5.91 Å². The van der Waals surface area contributed by atoms with Crippen LogP contribution in [-0.2, 0) is 22.5 Å². The first-order valence-corrected chi connectivity index (χ1v) is 12.9. The van der Waals surface area contributed by atoms with Gasteiger partial charge in [-0.1, -0.05) is 57.9 Å². The number of carbonyl (C=O) groups is 1. The standard InChI is InChI=1S/C29H31BrN2O4/c1-20-5-3-6-23(17-20)19-31-28(34)29(18-22-7-11-25(30)12-8-22)21(2)36-27(32-29)24-9-13-26(14-10-24)35-16-4-15-33/h3,5-14,17,21,33H,4,15-16,18-19H2,1-2H3,(H,31,34)/t21-,29-/m1/s1. The summed E-state index contributed by atoms with van der Waals surface area (Å²) in [5, 5.41) is 12.0. The summed E-state index contributed by atoms with van der Waals surface area (Å²) >= 11 is 3.48. The largest absolute Gasteiger partial charge is 0.494 e. The molecule has 0 aliphatic carbocycles. The Bertz CT molecular complexity index is 1210. The molecule has 0 aromatic heterocycles. The molecule has 4 rings (SSSR count). The number of hydrogen-bond acceptors (Lipinski definition) is 5. The SMILES string of the molecule is Cc1cccc(CNC(=O)[C@]2(Cc3ccc(Br)cc3)N=C(c3ccc(OCCCO)cc3)O[C@@H]2C)c1. The van der Waals surface area contributed by atoms with Crippen molar-refractivity contribution >= 4 is 27.7 Å². The quantitative estimate of drug-likeness (QED) is 0.349. The van der Waals surface area contributed by atoms with Crippen molar-refractivity contribution in [1.29, 1.82) is 0 Å². The molecule has 0 radical (unpaired) electrons. The van der Waals surface area contributed by atoms with Crippen molar-refractivity contribution in [1.82, 2.24) is 5.32 Å².